The molecular weight excluding hydrogens is 324 g/mol. The molecule has 1 aromatic rings. The highest BCUT2D eigenvalue weighted by molar-refractivity contribution is 5.79. The molecule has 0 saturated carbocycles. The summed E-state index contributed by atoms with van der Waals surface area (Å²) in [5.74, 6) is 1.74. The van der Waals surface area contributed by atoms with Gasteiger partial charge in [0.25, 0.3) is 0 Å². The highest BCUT2D eigenvalue weighted by Gasteiger charge is 2.16. The molecule has 5 nitrogen and oxygen atoms in total. The lowest BCUT2D eigenvalue weighted by atomic mass is 9.99. The van der Waals surface area contributed by atoms with Crippen molar-refractivity contribution in [3.63, 3.8) is 0 Å². The molecule has 1 aromatic carbocycles. The minimum atomic E-state index is 0.324. The smallest absolute Gasteiger partial charge is 0.191 e. The van der Waals surface area contributed by atoms with E-state index in [9.17, 15) is 0 Å². The number of benzene rings is 1. The first kappa shape index (κ1) is 19.0. The van der Waals surface area contributed by atoms with Gasteiger partial charge in [0.1, 0.15) is 0 Å². The SMILES string of the molecule is CCNC(=NCc1ccc(N2CCC(C)CC2)cc1)NCC1CCCO1. The summed E-state index contributed by atoms with van der Waals surface area (Å²) in [5, 5.41) is 6.72. The Morgan fingerprint density at radius 3 is 2.58 bits per heavy atom. The molecule has 2 saturated heterocycles. The van der Waals surface area contributed by atoms with Crippen molar-refractivity contribution < 1.29 is 4.74 Å². The normalized spacial score (nSPS) is 21.8. The van der Waals surface area contributed by atoms with Gasteiger partial charge in [0.15, 0.2) is 5.96 Å². The summed E-state index contributed by atoms with van der Waals surface area (Å²) >= 11 is 0. The van der Waals surface area contributed by atoms with Crippen LogP contribution in [0.25, 0.3) is 0 Å². The van der Waals surface area contributed by atoms with Crippen molar-refractivity contribution in [2.45, 2.75) is 52.2 Å². The second-order valence-corrected chi connectivity index (χ2v) is 7.55. The van der Waals surface area contributed by atoms with Crippen LogP contribution in [0.5, 0.6) is 0 Å². The van der Waals surface area contributed by atoms with Gasteiger partial charge in [-0.05, 0) is 56.2 Å². The van der Waals surface area contributed by atoms with Crippen LogP contribution in [0.1, 0.15) is 45.1 Å². The van der Waals surface area contributed by atoms with Gasteiger partial charge in [-0.1, -0.05) is 19.1 Å². The molecule has 0 radical (unpaired) electrons. The zero-order valence-corrected chi connectivity index (χ0v) is 16.3. The predicted molar refractivity (Wildman–Crippen MR) is 109 cm³/mol. The van der Waals surface area contributed by atoms with Gasteiger partial charge in [0.05, 0.1) is 12.6 Å². The van der Waals surface area contributed by atoms with Gasteiger partial charge >= 0.3 is 0 Å². The molecule has 1 unspecified atom stereocenters. The van der Waals surface area contributed by atoms with Gasteiger partial charge in [0, 0.05) is 38.5 Å². The van der Waals surface area contributed by atoms with E-state index >= 15 is 0 Å². The Hall–Kier alpha value is -1.75. The standard InChI is InChI=1S/C21H34N4O/c1-3-22-21(24-16-20-5-4-14-26-20)23-15-18-6-8-19(9-7-18)25-12-10-17(2)11-13-25/h6-9,17,20H,3-5,10-16H2,1-2H3,(H2,22,23,24). The predicted octanol–water partition coefficient (Wildman–Crippen LogP) is 3.16. The third kappa shape index (κ3) is 5.63. The number of nitrogens with zero attached hydrogens (tertiary/aromatic N) is 2. The molecule has 1 atom stereocenters. The van der Waals surface area contributed by atoms with Crippen molar-refractivity contribution in [3.8, 4) is 0 Å². The third-order valence-corrected chi connectivity index (χ3v) is 5.37. The van der Waals surface area contributed by atoms with Crippen molar-refractivity contribution in [2.75, 3.05) is 37.7 Å². The molecule has 144 valence electrons. The van der Waals surface area contributed by atoms with Crippen molar-refractivity contribution >= 4 is 11.6 Å². The molecule has 2 aliphatic heterocycles. The van der Waals surface area contributed by atoms with Gasteiger partial charge in [-0.2, -0.15) is 0 Å². The van der Waals surface area contributed by atoms with Crippen LogP contribution in [0.15, 0.2) is 29.3 Å². The van der Waals surface area contributed by atoms with E-state index in [2.05, 4.69) is 53.6 Å². The van der Waals surface area contributed by atoms with Crippen LogP contribution in [0.3, 0.4) is 0 Å². The summed E-state index contributed by atoms with van der Waals surface area (Å²) in [5.41, 5.74) is 2.58. The molecule has 2 N–H and O–H groups in total. The Kier molecular flexibility index (Phi) is 7.18. The van der Waals surface area contributed by atoms with Crippen LogP contribution in [0.4, 0.5) is 5.69 Å². The van der Waals surface area contributed by atoms with Crippen molar-refractivity contribution in [1.82, 2.24) is 10.6 Å². The molecule has 0 amide bonds. The van der Waals surface area contributed by atoms with Crippen molar-refractivity contribution in [3.05, 3.63) is 29.8 Å². The lowest BCUT2D eigenvalue weighted by molar-refractivity contribution is 0.114. The van der Waals surface area contributed by atoms with Crippen molar-refractivity contribution in [1.29, 1.82) is 0 Å². The number of piperidine rings is 1. The van der Waals surface area contributed by atoms with Crippen LogP contribution in [0, 0.1) is 5.92 Å². The lowest BCUT2D eigenvalue weighted by Gasteiger charge is -2.32. The topological polar surface area (TPSA) is 48.9 Å². The fraction of sp³-hybridized carbons (Fsp3) is 0.667. The van der Waals surface area contributed by atoms with Gasteiger partial charge in [-0.25, -0.2) is 4.99 Å². The monoisotopic (exact) mass is 358 g/mol. The second-order valence-electron chi connectivity index (χ2n) is 7.55. The number of anilines is 1. The van der Waals surface area contributed by atoms with E-state index in [1.807, 2.05) is 0 Å². The Morgan fingerprint density at radius 1 is 1.15 bits per heavy atom. The summed E-state index contributed by atoms with van der Waals surface area (Å²) in [4.78, 5) is 7.22. The van der Waals surface area contributed by atoms with Gasteiger partial charge in [0.2, 0.25) is 0 Å². The maximum atomic E-state index is 5.67. The molecule has 2 heterocycles. The number of rotatable bonds is 6. The summed E-state index contributed by atoms with van der Waals surface area (Å²) in [6, 6.07) is 8.90. The zero-order valence-electron chi connectivity index (χ0n) is 16.3. The van der Waals surface area contributed by atoms with Crippen LogP contribution < -0.4 is 15.5 Å². The molecule has 5 heteroatoms. The fourth-order valence-corrected chi connectivity index (χ4v) is 3.61. The Morgan fingerprint density at radius 2 is 1.92 bits per heavy atom. The van der Waals surface area contributed by atoms with Crippen LogP contribution >= 0.6 is 0 Å². The first-order valence-corrected chi connectivity index (χ1v) is 10.2. The summed E-state index contributed by atoms with van der Waals surface area (Å²) < 4.78 is 5.67. The number of ether oxygens (including phenoxy) is 1. The average molecular weight is 359 g/mol. The van der Waals surface area contributed by atoms with Crippen molar-refractivity contribution in [2.24, 2.45) is 10.9 Å². The number of nitrogens with one attached hydrogen (secondary N) is 2. The maximum absolute atomic E-state index is 5.67. The summed E-state index contributed by atoms with van der Waals surface area (Å²) in [6.45, 7) is 10.1. The second kappa shape index (κ2) is 9.81. The van der Waals surface area contributed by atoms with Gasteiger partial charge in [-0.3, -0.25) is 0 Å². The first-order chi connectivity index (χ1) is 12.7. The highest BCUT2D eigenvalue weighted by atomic mass is 16.5. The van der Waals surface area contributed by atoms with E-state index in [0.717, 1.165) is 38.0 Å². The lowest BCUT2D eigenvalue weighted by Crippen LogP contribution is -2.41. The minimum Gasteiger partial charge on any atom is -0.376 e. The highest BCUT2D eigenvalue weighted by Crippen LogP contribution is 2.23. The van der Waals surface area contributed by atoms with E-state index in [-0.39, 0.29) is 0 Å². The molecule has 2 aliphatic rings. The third-order valence-electron chi connectivity index (χ3n) is 5.37. The quantitative estimate of drug-likeness (QED) is 0.606. The molecule has 26 heavy (non-hydrogen) atoms. The number of aliphatic imine (C=N–C) groups is 1. The van der Waals surface area contributed by atoms with E-state index in [1.165, 1.54) is 43.6 Å². The van der Waals surface area contributed by atoms with Gasteiger partial charge < -0.3 is 20.3 Å². The molecule has 3 rings (SSSR count). The molecule has 0 spiro atoms. The largest absolute Gasteiger partial charge is 0.376 e. The zero-order chi connectivity index (χ0) is 18.2. The number of hydrogen-bond donors (Lipinski definition) is 2. The Balaban J connectivity index is 1.51. The van der Waals surface area contributed by atoms with E-state index in [0.29, 0.717) is 12.6 Å². The molecule has 2 fully saturated rings. The van der Waals surface area contributed by atoms with Crippen LogP contribution in [-0.2, 0) is 11.3 Å². The first-order valence-electron chi connectivity index (χ1n) is 10.2. The molecule has 0 aliphatic carbocycles. The summed E-state index contributed by atoms with van der Waals surface area (Å²) in [7, 11) is 0. The van der Waals surface area contributed by atoms with E-state index in [4.69, 9.17) is 9.73 Å². The average Bonchev–Trinajstić information content (AvgIpc) is 3.19. The van der Waals surface area contributed by atoms with Crippen LogP contribution in [-0.4, -0.2) is 44.8 Å². The maximum Gasteiger partial charge on any atom is 0.191 e. The Labute approximate surface area is 158 Å². The number of guanidine groups is 1. The molecular formula is C21H34N4O. The van der Waals surface area contributed by atoms with Gasteiger partial charge in [-0.15, -0.1) is 0 Å². The van der Waals surface area contributed by atoms with Crippen LogP contribution in [0.2, 0.25) is 0 Å². The minimum absolute atomic E-state index is 0.324. The van der Waals surface area contributed by atoms with E-state index < -0.39 is 0 Å². The molecule has 0 aromatic heterocycles. The number of hydrogen-bond acceptors (Lipinski definition) is 3. The van der Waals surface area contributed by atoms with E-state index in [1.54, 1.807) is 0 Å². The fourth-order valence-electron chi connectivity index (χ4n) is 3.61. The summed E-state index contributed by atoms with van der Waals surface area (Å²) in [6.07, 6.45) is 5.24. The molecule has 0 bridgehead atoms. The Bertz CT molecular complexity index is 558.